The third-order valence-corrected chi connectivity index (χ3v) is 4.98. The summed E-state index contributed by atoms with van der Waals surface area (Å²) in [5.74, 6) is 0.728. The minimum atomic E-state index is 0.504. The molecule has 148 valence electrons. The predicted molar refractivity (Wildman–Crippen MR) is 114 cm³/mol. The van der Waals surface area contributed by atoms with Crippen LogP contribution >= 0.6 is 0 Å². The van der Waals surface area contributed by atoms with E-state index in [0.29, 0.717) is 6.42 Å². The maximum absolute atomic E-state index is 8.98. The number of benzene rings is 2. The number of nitrogens with one attached hydrogen (secondary N) is 2. The number of nitriles is 1. The van der Waals surface area contributed by atoms with Crippen molar-refractivity contribution in [3.8, 4) is 6.07 Å². The van der Waals surface area contributed by atoms with Gasteiger partial charge >= 0.3 is 0 Å². The standard InChI is InChI=1S/C24H31N3O/c25-11-10-20-16-21(18-23(17-20)22-8-9-22)19-26-12-4-5-14-28-15-13-27-24-6-2-1-3-7-24/h1-3,6-7,16-18,22,26-27H,4-5,8-10,12-15,19H2. The molecule has 0 aromatic heterocycles. The monoisotopic (exact) mass is 377 g/mol. The first kappa shape index (κ1) is 20.4. The number of hydrogen-bond acceptors (Lipinski definition) is 4. The molecule has 1 aliphatic rings. The molecule has 2 N–H and O–H groups in total. The van der Waals surface area contributed by atoms with Crippen molar-refractivity contribution in [2.75, 3.05) is 31.6 Å². The average molecular weight is 378 g/mol. The maximum Gasteiger partial charge on any atom is 0.0669 e. The van der Waals surface area contributed by atoms with Crippen molar-refractivity contribution in [1.82, 2.24) is 5.32 Å². The largest absolute Gasteiger partial charge is 0.383 e. The summed E-state index contributed by atoms with van der Waals surface area (Å²) < 4.78 is 5.69. The molecule has 0 aliphatic heterocycles. The number of ether oxygens (including phenoxy) is 1. The normalized spacial score (nSPS) is 13.2. The summed E-state index contributed by atoms with van der Waals surface area (Å²) in [6, 6.07) is 19.2. The van der Waals surface area contributed by atoms with Gasteiger partial charge in [0, 0.05) is 25.4 Å². The number of para-hydroxylation sites is 1. The fraction of sp³-hybridized carbons (Fsp3) is 0.458. The van der Waals surface area contributed by atoms with Crippen LogP contribution in [-0.4, -0.2) is 26.3 Å². The van der Waals surface area contributed by atoms with Gasteiger partial charge < -0.3 is 15.4 Å². The highest BCUT2D eigenvalue weighted by Crippen LogP contribution is 2.40. The zero-order valence-electron chi connectivity index (χ0n) is 16.6. The summed E-state index contributed by atoms with van der Waals surface area (Å²) in [4.78, 5) is 0. The van der Waals surface area contributed by atoms with Gasteiger partial charge in [-0.2, -0.15) is 5.26 Å². The van der Waals surface area contributed by atoms with E-state index in [1.807, 2.05) is 18.2 Å². The number of unbranched alkanes of at least 4 members (excludes halogenated alkanes) is 1. The summed E-state index contributed by atoms with van der Waals surface area (Å²) in [6.07, 6.45) is 5.27. The van der Waals surface area contributed by atoms with Crippen LogP contribution in [0.15, 0.2) is 48.5 Å². The molecule has 4 heteroatoms. The number of hydrogen-bond donors (Lipinski definition) is 2. The Balaban J connectivity index is 1.23. The third-order valence-electron chi connectivity index (χ3n) is 4.98. The second kappa shape index (κ2) is 11.5. The van der Waals surface area contributed by atoms with Gasteiger partial charge in [0.15, 0.2) is 0 Å². The molecule has 2 aromatic rings. The molecule has 28 heavy (non-hydrogen) atoms. The Hall–Kier alpha value is -2.35. The number of rotatable bonds is 13. The first-order valence-electron chi connectivity index (χ1n) is 10.4. The van der Waals surface area contributed by atoms with Crippen LogP contribution in [-0.2, 0) is 17.7 Å². The van der Waals surface area contributed by atoms with E-state index >= 15 is 0 Å². The summed E-state index contributed by atoms with van der Waals surface area (Å²) in [6.45, 7) is 4.25. The van der Waals surface area contributed by atoms with E-state index < -0.39 is 0 Å². The first-order valence-corrected chi connectivity index (χ1v) is 10.4. The first-order chi connectivity index (χ1) is 13.8. The van der Waals surface area contributed by atoms with Crippen LogP contribution in [0.4, 0.5) is 5.69 Å². The minimum Gasteiger partial charge on any atom is -0.383 e. The molecule has 1 aliphatic carbocycles. The van der Waals surface area contributed by atoms with E-state index in [2.05, 4.69) is 47.0 Å². The van der Waals surface area contributed by atoms with Crippen LogP contribution in [0.25, 0.3) is 0 Å². The zero-order chi connectivity index (χ0) is 19.4. The highest BCUT2D eigenvalue weighted by molar-refractivity contribution is 5.42. The van der Waals surface area contributed by atoms with Crippen molar-refractivity contribution in [3.63, 3.8) is 0 Å². The molecule has 1 saturated carbocycles. The van der Waals surface area contributed by atoms with Crippen molar-refractivity contribution in [1.29, 1.82) is 5.26 Å². The molecule has 0 bridgehead atoms. The molecular formula is C24H31N3O. The topological polar surface area (TPSA) is 57.1 Å². The van der Waals surface area contributed by atoms with E-state index in [0.717, 1.165) is 62.9 Å². The van der Waals surface area contributed by atoms with Crippen LogP contribution in [0.2, 0.25) is 0 Å². The second-order valence-electron chi connectivity index (χ2n) is 7.48. The lowest BCUT2D eigenvalue weighted by Gasteiger charge is -2.10. The van der Waals surface area contributed by atoms with Crippen LogP contribution in [0.1, 0.15) is 48.3 Å². The smallest absolute Gasteiger partial charge is 0.0669 e. The Labute approximate surface area is 168 Å². The molecule has 1 fully saturated rings. The lowest BCUT2D eigenvalue weighted by Crippen LogP contribution is -2.16. The molecule has 0 spiro atoms. The molecule has 0 saturated heterocycles. The van der Waals surface area contributed by atoms with Crippen molar-refractivity contribution in [2.45, 2.75) is 44.6 Å². The Morgan fingerprint density at radius 3 is 2.57 bits per heavy atom. The van der Waals surface area contributed by atoms with Gasteiger partial charge in [0.1, 0.15) is 0 Å². The fourth-order valence-electron chi connectivity index (χ4n) is 3.35. The van der Waals surface area contributed by atoms with Gasteiger partial charge in [-0.25, -0.2) is 0 Å². The predicted octanol–water partition coefficient (Wildman–Crippen LogP) is 4.63. The quantitative estimate of drug-likeness (QED) is 0.500. The van der Waals surface area contributed by atoms with Crippen molar-refractivity contribution in [3.05, 3.63) is 65.2 Å². The van der Waals surface area contributed by atoms with Crippen molar-refractivity contribution in [2.24, 2.45) is 0 Å². The van der Waals surface area contributed by atoms with Crippen LogP contribution in [0.3, 0.4) is 0 Å². The summed E-state index contributed by atoms with van der Waals surface area (Å²) in [5, 5.41) is 15.9. The Kier molecular flexibility index (Phi) is 8.36. The Morgan fingerprint density at radius 1 is 0.964 bits per heavy atom. The molecular weight excluding hydrogens is 346 g/mol. The maximum atomic E-state index is 8.98. The Morgan fingerprint density at radius 2 is 1.79 bits per heavy atom. The van der Waals surface area contributed by atoms with E-state index in [1.54, 1.807) is 0 Å². The van der Waals surface area contributed by atoms with Crippen molar-refractivity contribution >= 4 is 5.69 Å². The van der Waals surface area contributed by atoms with E-state index in [4.69, 9.17) is 10.00 Å². The van der Waals surface area contributed by atoms with Gasteiger partial charge in [-0.05, 0) is 67.0 Å². The molecule has 0 unspecified atom stereocenters. The fourth-order valence-corrected chi connectivity index (χ4v) is 3.35. The van der Waals surface area contributed by atoms with Crippen LogP contribution in [0.5, 0.6) is 0 Å². The number of nitrogens with zero attached hydrogens (tertiary/aromatic N) is 1. The van der Waals surface area contributed by atoms with Gasteiger partial charge in [0.2, 0.25) is 0 Å². The molecule has 2 aromatic carbocycles. The van der Waals surface area contributed by atoms with Gasteiger partial charge in [-0.3, -0.25) is 0 Å². The molecule has 3 rings (SSSR count). The summed E-state index contributed by atoms with van der Waals surface area (Å²) in [5.41, 5.74) is 5.01. The van der Waals surface area contributed by atoms with Gasteiger partial charge in [-0.1, -0.05) is 36.4 Å². The van der Waals surface area contributed by atoms with Gasteiger partial charge in [0.25, 0.3) is 0 Å². The zero-order valence-corrected chi connectivity index (χ0v) is 16.6. The average Bonchev–Trinajstić information content (AvgIpc) is 3.56. The molecule has 4 nitrogen and oxygen atoms in total. The van der Waals surface area contributed by atoms with Crippen LogP contribution in [0, 0.1) is 11.3 Å². The molecule has 0 amide bonds. The van der Waals surface area contributed by atoms with Gasteiger partial charge in [0.05, 0.1) is 19.1 Å². The summed E-state index contributed by atoms with van der Waals surface area (Å²) in [7, 11) is 0. The SMILES string of the molecule is N#CCc1cc(CNCCCCOCCNc2ccccc2)cc(C2CC2)c1. The van der Waals surface area contributed by atoms with Crippen LogP contribution < -0.4 is 10.6 Å². The molecule has 0 heterocycles. The Bertz CT molecular complexity index is 750. The van der Waals surface area contributed by atoms with E-state index in [1.165, 1.54) is 24.0 Å². The van der Waals surface area contributed by atoms with Gasteiger partial charge in [-0.15, -0.1) is 0 Å². The molecule has 0 atom stereocenters. The van der Waals surface area contributed by atoms with E-state index in [9.17, 15) is 0 Å². The second-order valence-corrected chi connectivity index (χ2v) is 7.48. The third kappa shape index (κ3) is 7.34. The van der Waals surface area contributed by atoms with Crippen molar-refractivity contribution < 1.29 is 4.74 Å². The lowest BCUT2D eigenvalue weighted by molar-refractivity contribution is 0.140. The minimum absolute atomic E-state index is 0.504. The van der Waals surface area contributed by atoms with E-state index in [-0.39, 0.29) is 0 Å². The highest BCUT2D eigenvalue weighted by atomic mass is 16.5. The highest BCUT2D eigenvalue weighted by Gasteiger charge is 2.24. The molecule has 0 radical (unpaired) electrons. The lowest BCUT2D eigenvalue weighted by atomic mass is 10.0. The number of anilines is 1. The summed E-state index contributed by atoms with van der Waals surface area (Å²) >= 11 is 0.